The number of urea groups is 1. The third-order valence-electron chi connectivity index (χ3n) is 10.3. The number of carbonyl (C=O) groups excluding carboxylic acids is 6. The number of esters is 3. The minimum Gasteiger partial charge on any atom is -0.480 e. The summed E-state index contributed by atoms with van der Waals surface area (Å²) in [4.78, 5) is 100. The average molecular weight is 960 g/mol. The van der Waals surface area contributed by atoms with Gasteiger partial charge >= 0.3 is 29.9 Å². The zero-order chi connectivity index (χ0) is 51.1. The van der Waals surface area contributed by atoms with E-state index in [9.17, 15) is 38.7 Å². The molecule has 0 aliphatic rings. The van der Waals surface area contributed by atoms with Crippen LogP contribution < -0.4 is 21.3 Å². The van der Waals surface area contributed by atoms with Gasteiger partial charge in [0, 0.05) is 64.7 Å². The molecule has 0 aromatic carbocycles. The van der Waals surface area contributed by atoms with E-state index in [0.717, 1.165) is 24.5 Å². The highest BCUT2D eigenvalue weighted by Gasteiger charge is 2.31. The van der Waals surface area contributed by atoms with Crippen molar-refractivity contribution in [1.82, 2.24) is 45.3 Å². The number of hydrogen-bond acceptors (Lipinski definition) is 13. The standard InChI is InChI=1S/C48H81N9O11/c1-46(2,3)66-41(60)25-24-36(44(64)68-48(7,8)9)54-45(65)53-35(43(63)67-47(4,5)6)21-16-18-26-51-39(58)22-14-12-13-15-23-40(59)52-34(42(61)62)20-17-19-29-57(32-37-49-27-30-55(37)10)33-38-50-28-31-56(38)11/h27-28,30-31,34-36H,12-26,29,32-33H2,1-11H3,(H,51,58)(H,52,59)(H,61,62)(H2,53,54,65). The number of unbranched alkanes of at least 4 members (excludes halogenated alkanes) is 5. The van der Waals surface area contributed by atoms with Crippen LogP contribution in [0.25, 0.3) is 0 Å². The Kier molecular flexibility index (Phi) is 24.7. The van der Waals surface area contributed by atoms with Crippen molar-refractivity contribution in [2.24, 2.45) is 14.1 Å². The van der Waals surface area contributed by atoms with E-state index in [4.69, 9.17) is 14.2 Å². The van der Waals surface area contributed by atoms with Gasteiger partial charge in [-0.15, -0.1) is 0 Å². The summed E-state index contributed by atoms with van der Waals surface area (Å²) in [6.45, 7) is 17.6. The van der Waals surface area contributed by atoms with Gasteiger partial charge in [-0.05, 0) is 127 Å². The van der Waals surface area contributed by atoms with Crippen molar-refractivity contribution >= 4 is 41.7 Å². The molecule has 2 heterocycles. The molecular formula is C48H81N9O11. The monoisotopic (exact) mass is 960 g/mol. The Balaban J connectivity index is 1.73. The molecule has 384 valence electrons. The lowest BCUT2D eigenvalue weighted by molar-refractivity contribution is -0.159. The molecule has 0 saturated heterocycles. The highest BCUT2D eigenvalue weighted by molar-refractivity contribution is 5.87. The van der Waals surface area contributed by atoms with Gasteiger partial charge in [0.05, 0.1) is 13.1 Å². The number of carbonyl (C=O) groups is 7. The van der Waals surface area contributed by atoms with Crippen molar-refractivity contribution in [2.75, 3.05) is 13.1 Å². The van der Waals surface area contributed by atoms with Crippen molar-refractivity contribution in [1.29, 1.82) is 0 Å². The third kappa shape index (κ3) is 26.1. The van der Waals surface area contributed by atoms with Crippen LogP contribution in [-0.4, -0.2) is 119 Å². The minimum absolute atomic E-state index is 0.0924. The fraction of sp³-hybridized carbons (Fsp3) is 0.729. The van der Waals surface area contributed by atoms with Crippen molar-refractivity contribution in [3.8, 4) is 0 Å². The second-order valence-electron chi connectivity index (χ2n) is 20.2. The van der Waals surface area contributed by atoms with E-state index in [1.54, 1.807) is 74.7 Å². The predicted molar refractivity (Wildman–Crippen MR) is 255 cm³/mol. The van der Waals surface area contributed by atoms with Crippen molar-refractivity contribution in [3.63, 3.8) is 0 Å². The summed E-state index contributed by atoms with van der Waals surface area (Å²) >= 11 is 0. The molecule has 3 atom stereocenters. The fourth-order valence-electron chi connectivity index (χ4n) is 6.89. The molecule has 0 bridgehead atoms. The average Bonchev–Trinajstić information content (AvgIpc) is 3.81. The maximum atomic E-state index is 13.2. The number of amides is 4. The summed E-state index contributed by atoms with van der Waals surface area (Å²) in [6, 6.07) is -4.07. The summed E-state index contributed by atoms with van der Waals surface area (Å²) in [5.74, 6) is -1.64. The minimum atomic E-state index is -1.20. The van der Waals surface area contributed by atoms with Gasteiger partial charge in [0.15, 0.2) is 0 Å². The van der Waals surface area contributed by atoms with Crippen molar-refractivity contribution < 1.29 is 52.9 Å². The van der Waals surface area contributed by atoms with Gasteiger partial charge in [-0.2, -0.15) is 0 Å². The molecule has 20 heteroatoms. The van der Waals surface area contributed by atoms with Gasteiger partial charge in [0.25, 0.3) is 0 Å². The smallest absolute Gasteiger partial charge is 0.329 e. The summed E-state index contributed by atoms with van der Waals surface area (Å²) in [5.41, 5.74) is -2.43. The number of hydrogen-bond donors (Lipinski definition) is 5. The Morgan fingerprint density at radius 3 is 1.53 bits per heavy atom. The van der Waals surface area contributed by atoms with Crippen LogP contribution >= 0.6 is 0 Å². The molecule has 5 N–H and O–H groups in total. The lowest BCUT2D eigenvalue weighted by Crippen LogP contribution is -2.53. The van der Waals surface area contributed by atoms with Gasteiger partial charge in [0.1, 0.15) is 46.6 Å². The summed E-state index contributed by atoms with van der Waals surface area (Å²) < 4.78 is 20.3. The molecule has 2 aromatic heterocycles. The molecule has 2 rings (SSSR count). The van der Waals surface area contributed by atoms with E-state index in [1.807, 2.05) is 35.6 Å². The second kappa shape index (κ2) is 28.7. The number of aryl methyl sites for hydroxylation is 2. The summed E-state index contributed by atoms with van der Waals surface area (Å²) in [5, 5.41) is 20.5. The summed E-state index contributed by atoms with van der Waals surface area (Å²) in [6.07, 6.45) is 12.9. The molecular weight excluding hydrogens is 879 g/mol. The van der Waals surface area contributed by atoms with E-state index < -0.39 is 64.8 Å². The van der Waals surface area contributed by atoms with Crippen LogP contribution in [0, 0.1) is 0 Å². The van der Waals surface area contributed by atoms with Gasteiger partial charge in [-0.1, -0.05) is 12.8 Å². The molecule has 4 amide bonds. The van der Waals surface area contributed by atoms with Crippen LogP contribution in [0.3, 0.4) is 0 Å². The molecule has 0 aliphatic heterocycles. The van der Waals surface area contributed by atoms with Crippen LogP contribution in [0.1, 0.15) is 164 Å². The molecule has 20 nitrogen and oxygen atoms in total. The van der Waals surface area contributed by atoms with Gasteiger partial charge in [-0.3, -0.25) is 19.3 Å². The van der Waals surface area contributed by atoms with Crippen molar-refractivity contribution in [3.05, 3.63) is 36.4 Å². The molecule has 68 heavy (non-hydrogen) atoms. The first-order valence-electron chi connectivity index (χ1n) is 23.9. The van der Waals surface area contributed by atoms with Gasteiger partial charge in [-0.25, -0.2) is 29.1 Å². The number of nitrogens with one attached hydrogen (secondary N) is 4. The molecule has 3 unspecified atom stereocenters. The first kappa shape index (κ1) is 58.6. The first-order valence-corrected chi connectivity index (χ1v) is 23.9. The molecule has 0 fully saturated rings. The van der Waals surface area contributed by atoms with E-state index >= 15 is 0 Å². The van der Waals surface area contributed by atoms with Crippen LogP contribution in [0.4, 0.5) is 4.79 Å². The van der Waals surface area contributed by atoms with E-state index in [2.05, 4.69) is 36.1 Å². The van der Waals surface area contributed by atoms with Gasteiger partial charge in [0.2, 0.25) is 11.8 Å². The van der Waals surface area contributed by atoms with E-state index in [-0.39, 0.29) is 37.5 Å². The number of carboxylic acids is 1. The van der Waals surface area contributed by atoms with E-state index in [1.165, 1.54) is 0 Å². The number of aromatic nitrogens is 4. The van der Waals surface area contributed by atoms with Crippen LogP contribution in [0.15, 0.2) is 24.8 Å². The summed E-state index contributed by atoms with van der Waals surface area (Å²) in [7, 11) is 3.89. The maximum absolute atomic E-state index is 13.2. The van der Waals surface area contributed by atoms with Gasteiger partial charge < -0.3 is 49.7 Å². The highest BCUT2D eigenvalue weighted by Crippen LogP contribution is 2.16. The Bertz CT molecular complexity index is 1870. The molecule has 0 saturated carbocycles. The lowest BCUT2D eigenvalue weighted by Gasteiger charge is -2.27. The SMILES string of the molecule is Cn1ccnc1CN(CCCCC(NC(=O)CCCCCCC(=O)NCCCCC(NC(=O)NC(CCC(=O)OC(C)(C)C)C(=O)OC(C)(C)C)C(=O)OC(C)(C)C)C(=O)O)Cc1nccn1C. The first-order chi connectivity index (χ1) is 31.7. The molecule has 0 spiro atoms. The largest absolute Gasteiger partial charge is 0.480 e. The maximum Gasteiger partial charge on any atom is 0.329 e. The Morgan fingerprint density at radius 2 is 1.06 bits per heavy atom. The normalized spacial score (nSPS) is 13.2. The van der Waals surface area contributed by atoms with Crippen LogP contribution in [0.2, 0.25) is 0 Å². The molecule has 0 aliphatic carbocycles. The zero-order valence-corrected chi connectivity index (χ0v) is 42.5. The molecule has 0 radical (unpaired) electrons. The Morgan fingerprint density at radius 1 is 0.588 bits per heavy atom. The lowest BCUT2D eigenvalue weighted by atomic mass is 10.1. The predicted octanol–water partition coefficient (Wildman–Crippen LogP) is 5.36. The second-order valence-corrected chi connectivity index (χ2v) is 20.2. The Hall–Kier alpha value is -5.53. The van der Waals surface area contributed by atoms with Crippen LogP contribution in [0.5, 0.6) is 0 Å². The number of ether oxygens (including phenoxy) is 3. The van der Waals surface area contributed by atoms with E-state index in [0.29, 0.717) is 77.5 Å². The number of nitrogens with zero attached hydrogens (tertiary/aromatic N) is 5. The number of imidazole rings is 2. The highest BCUT2D eigenvalue weighted by atomic mass is 16.6. The topological polar surface area (TPSA) is 254 Å². The van der Waals surface area contributed by atoms with Crippen molar-refractivity contribution in [2.45, 2.75) is 200 Å². The number of carboxylic acid groups (broad SMARTS) is 1. The molecule has 2 aromatic rings. The quantitative estimate of drug-likeness (QED) is 0.0375. The third-order valence-corrected chi connectivity index (χ3v) is 10.3. The zero-order valence-electron chi connectivity index (χ0n) is 42.5. The number of rotatable bonds is 30. The van der Waals surface area contributed by atoms with Crippen LogP contribution in [-0.2, 0) is 70.2 Å². The Labute approximate surface area is 402 Å². The number of aliphatic carboxylic acids is 1. The fourth-order valence-corrected chi connectivity index (χ4v) is 6.89.